The highest BCUT2D eigenvalue weighted by atomic mass is 15.2. The van der Waals surface area contributed by atoms with Crippen LogP contribution in [0.3, 0.4) is 0 Å². The predicted octanol–water partition coefficient (Wildman–Crippen LogP) is 2.49. The first kappa shape index (κ1) is 13.0. The summed E-state index contributed by atoms with van der Waals surface area (Å²) in [5.74, 6) is 0.874. The molecule has 0 bridgehead atoms. The Morgan fingerprint density at radius 1 is 1.27 bits per heavy atom. The predicted molar refractivity (Wildman–Crippen MR) is 67.2 cm³/mol. The zero-order valence-electron chi connectivity index (χ0n) is 11.1. The highest BCUT2D eigenvalue weighted by Gasteiger charge is 2.27. The molecule has 0 aromatic rings. The van der Waals surface area contributed by atoms with Gasteiger partial charge in [-0.05, 0) is 46.1 Å². The minimum atomic E-state index is 0.250. The Hall–Kier alpha value is -0.0800. The standard InChI is InChI=1S/C13H28N2/c1-6-14-13(4,5)10-15-9-11(2)7-8-12(15)3/h11-12,14H,6-10H2,1-5H3. The van der Waals surface area contributed by atoms with Gasteiger partial charge in [0.15, 0.2) is 0 Å². The lowest BCUT2D eigenvalue weighted by Crippen LogP contribution is -2.53. The monoisotopic (exact) mass is 212 g/mol. The highest BCUT2D eigenvalue weighted by Crippen LogP contribution is 2.22. The molecule has 2 nitrogen and oxygen atoms in total. The molecule has 0 amide bonds. The molecule has 2 atom stereocenters. The van der Waals surface area contributed by atoms with Crippen LogP contribution in [0.5, 0.6) is 0 Å². The number of nitrogens with one attached hydrogen (secondary N) is 1. The molecule has 0 aliphatic carbocycles. The molecule has 1 aliphatic rings. The van der Waals surface area contributed by atoms with Gasteiger partial charge < -0.3 is 5.32 Å². The SMILES string of the molecule is CCNC(C)(C)CN1CC(C)CCC1C. The Kier molecular flexibility index (Phi) is 4.60. The molecule has 2 heteroatoms. The van der Waals surface area contributed by atoms with Crippen LogP contribution in [0.15, 0.2) is 0 Å². The van der Waals surface area contributed by atoms with E-state index in [1.54, 1.807) is 0 Å². The van der Waals surface area contributed by atoms with Crippen LogP contribution < -0.4 is 5.32 Å². The normalized spacial score (nSPS) is 29.4. The van der Waals surface area contributed by atoms with Crippen LogP contribution in [0, 0.1) is 5.92 Å². The zero-order chi connectivity index (χ0) is 11.5. The number of hydrogen-bond donors (Lipinski definition) is 1. The van der Waals surface area contributed by atoms with Crippen LogP contribution >= 0.6 is 0 Å². The fourth-order valence-corrected chi connectivity index (χ4v) is 2.64. The van der Waals surface area contributed by atoms with E-state index < -0.39 is 0 Å². The summed E-state index contributed by atoms with van der Waals surface area (Å²) in [4.78, 5) is 2.65. The Labute approximate surface area is 95.4 Å². The molecule has 1 aliphatic heterocycles. The van der Waals surface area contributed by atoms with E-state index in [4.69, 9.17) is 0 Å². The van der Waals surface area contributed by atoms with Crippen molar-refractivity contribution < 1.29 is 0 Å². The van der Waals surface area contributed by atoms with E-state index in [0.717, 1.165) is 18.5 Å². The number of likely N-dealkylation sites (N-methyl/N-ethyl adjacent to an activating group) is 1. The van der Waals surface area contributed by atoms with E-state index in [2.05, 4.69) is 44.8 Å². The third-order valence-electron chi connectivity index (χ3n) is 3.50. The summed E-state index contributed by atoms with van der Waals surface area (Å²) in [5, 5.41) is 3.56. The van der Waals surface area contributed by atoms with Gasteiger partial charge in [0.1, 0.15) is 0 Å². The molecule has 0 radical (unpaired) electrons. The average molecular weight is 212 g/mol. The minimum Gasteiger partial charge on any atom is -0.311 e. The molecule has 0 aromatic carbocycles. The van der Waals surface area contributed by atoms with Crippen molar-refractivity contribution >= 4 is 0 Å². The Morgan fingerprint density at radius 3 is 2.53 bits per heavy atom. The van der Waals surface area contributed by atoms with Gasteiger partial charge in [-0.15, -0.1) is 0 Å². The summed E-state index contributed by atoms with van der Waals surface area (Å²) in [7, 11) is 0. The first-order valence-corrected chi connectivity index (χ1v) is 6.43. The van der Waals surface area contributed by atoms with Gasteiger partial charge in [0, 0.05) is 24.7 Å². The Balaban J connectivity index is 2.47. The first-order valence-electron chi connectivity index (χ1n) is 6.43. The van der Waals surface area contributed by atoms with Crippen molar-refractivity contribution in [2.75, 3.05) is 19.6 Å². The van der Waals surface area contributed by atoms with Crippen molar-refractivity contribution in [3.8, 4) is 0 Å². The summed E-state index contributed by atoms with van der Waals surface area (Å²) in [6.45, 7) is 15.1. The third kappa shape index (κ3) is 4.12. The lowest BCUT2D eigenvalue weighted by molar-refractivity contribution is 0.0942. The average Bonchev–Trinajstić information content (AvgIpc) is 2.10. The van der Waals surface area contributed by atoms with Crippen molar-refractivity contribution in [1.29, 1.82) is 0 Å². The fourth-order valence-electron chi connectivity index (χ4n) is 2.64. The van der Waals surface area contributed by atoms with E-state index in [1.807, 2.05) is 0 Å². The van der Waals surface area contributed by atoms with Crippen molar-refractivity contribution in [2.24, 2.45) is 5.92 Å². The molecule has 2 unspecified atom stereocenters. The van der Waals surface area contributed by atoms with E-state index in [0.29, 0.717) is 0 Å². The molecular formula is C13H28N2. The van der Waals surface area contributed by atoms with Gasteiger partial charge in [-0.1, -0.05) is 13.8 Å². The van der Waals surface area contributed by atoms with Crippen molar-refractivity contribution in [3.63, 3.8) is 0 Å². The Morgan fingerprint density at radius 2 is 1.93 bits per heavy atom. The topological polar surface area (TPSA) is 15.3 Å². The lowest BCUT2D eigenvalue weighted by atomic mass is 9.93. The van der Waals surface area contributed by atoms with Crippen LogP contribution in [0.25, 0.3) is 0 Å². The molecule has 0 spiro atoms. The summed E-state index contributed by atoms with van der Waals surface area (Å²) in [5.41, 5.74) is 0.250. The second kappa shape index (κ2) is 5.31. The van der Waals surface area contributed by atoms with Crippen LogP contribution in [-0.4, -0.2) is 36.1 Å². The van der Waals surface area contributed by atoms with E-state index in [9.17, 15) is 0 Å². The molecule has 1 rings (SSSR count). The molecule has 1 saturated heterocycles. The molecular weight excluding hydrogens is 184 g/mol. The van der Waals surface area contributed by atoms with Gasteiger partial charge in [-0.25, -0.2) is 0 Å². The van der Waals surface area contributed by atoms with Crippen molar-refractivity contribution in [3.05, 3.63) is 0 Å². The Bertz CT molecular complexity index is 189. The summed E-state index contributed by atoms with van der Waals surface area (Å²) in [6, 6.07) is 0.763. The number of hydrogen-bond acceptors (Lipinski definition) is 2. The summed E-state index contributed by atoms with van der Waals surface area (Å²) in [6.07, 6.45) is 2.77. The van der Waals surface area contributed by atoms with Crippen molar-refractivity contribution in [1.82, 2.24) is 10.2 Å². The molecule has 0 saturated carbocycles. The molecule has 1 N–H and O–H groups in total. The molecule has 1 fully saturated rings. The van der Waals surface area contributed by atoms with E-state index in [-0.39, 0.29) is 5.54 Å². The van der Waals surface area contributed by atoms with Gasteiger partial charge in [-0.3, -0.25) is 4.90 Å². The van der Waals surface area contributed by atoms with Gasteiger partial charge in [0.2, 0.25) is 0 Å². The maximum atomic E-state index is 3.56. The maximum absolute atomic E-state index is 3.56. The van der Waals surface area contributed by atoms with Gasteiger partial charge in [-0.2, -0.15) is 0 Å². The zero-order valence-corrected chi connectivity index (χ0v) is 11.1. The maximum Gasteiger partial charge on any atom is 0.0252 e. The first-order chi connectivity index (χ1) is 6.94. The number of rotatable bonds is 4. The van der Waals surface area contributed by atoms with Crippen LogP contribution in [0.4, 0.5) is 0 Å². The summed E-state index contributed by atoms with van der Waals surface area (Å²) >= 11 is 0. The second-order valence-electron chi connectivity index (χ2n) is 5.88. The largest absolute Gasteiger partial charge is 0.311 e. The van der Waals surface area contributed by atoms with Crippen LogP contribution in [0.1, 0.15) is 47.5 Å². The van der Waals surface area contributed by atoms with Gasteiger partial charge in [0.25, 0.3) is 0 Å². The van der Waals surface area contributed by atoms with E-state index in [1.165, 1.54) is 25.9 Å². The number of likely N-dealkylation sites (tertiary alicyclic amines) is 1. The van der Waals surface area contributed by atoms with E-state index >= 15 is 0 Å². The molecule has 1 heterocycles. The lowest BCUT2D eigenvalue weighted by Gasteiger charge is -2.41. The molecule has 0 aromatic heterocycles. The second-order valence-corrected chi connectivity index (χ2v) is 5.88. The van der Waals surface area contributed by atoms with Gasteiger partial charge >= 0.3 is 0 Å². The number of nitrogens with zero attached hydrogens (tertiary/aromatic N) is 1. The van der Waals surface area contributed by atoms with Crippen LogP contribution in [-0.2, 0) is 0 Å². The quantitative estimate of drug-likeness (QED) is 0.770. The smallest absolute Gasteiger partial charge is 0.0252 e. The molecule has 90 valence electrons. The third-order valence-corrected chi connectivity index (χ3v) is 3.50. The van der Waals surface area contributed by atoms with Gasteiger partial charge in [0.05, 0.1) is 0 Å². The van der Waals surface area contributed by atoms with Crippen molar-refractivity contribution in [2.45, 2.75) is 59.0 Å². The molecule has 15 heavy (non-hydrogen) atoms. The number of piperidine rings is 1. The fraction of sp³-hybridized carbons (Fsp3) is 1.00. The summed E-state index contributed by atoms with van der Waals surface area (Å²) < 4.78 is 0. The highest BCUT2D eigenvalue weighted by molar-refractivity contribution is 4.86. The van der Waals surface area contributed by atoms with Crippen LogP contribution in [0.2, 0.25) is 0 Å². The minimum absolute atomic E-state index is 0.250.